The Morgan fingerprint density at radius 2 is 2.00 bits per heavy atom. The molecule has 0 aliphatic carbocycles. The number of methoxy groups -OCH3 is 1. The second-order valence-electron chi connectivity index (χ2n) is 5.05. The minimum Gasteiger partial charge on any atom is -0.460 e. The lowest BCUT2D eigenvalue weighted by atomic mass is 9.95. The van der Waals surface area contributed by atoms with Gasteiger partial charge in [0.05, 0.1) is 23.1 Å². The van der Waals surface area contributed by atoms with Crippen LogP contribution in [-0.2, 0) is 14.3 Å². The van der Waals surface area contributed by atoms with Crippen molar-refractivity contribution in [1.29, 1.82) is 0 Å². The lowest BCUT2D eigenvalue weighted by molar-refractivity contribution is -0.384. The van der Waals surface area contributed by atoms with Crippen LogP contribution in [0.5, 0.6) is 0 Å². The molecule has 0 amide bonds. The largest absolute Gasteiger partial charge is 0.460 e. The van der Waals surface area contributed by atoms with Crippen LogP contribution in [0.2, 0.25) is 0 Å². The number of benzene rings is 1. The minimum absolute atomic E-state index is 0.0276. The van der Waals surface area contributed by atoms with Crippen molar-refractivity contribution in [2.75, 3.05) is 20.3 Å². The molecule has 2 rings (SSSR count). The summed E-state index contributed by atoms with van der Waals surface area (Å²) in [5.41, 5.74) is 1.58. The number of carbonyl (C=O) groups is 1. The third-order valence-corrected chi connectivity index (χ3v) is 3.67. The highest BCUT2D eigenvalue weighted by Gasteiger charge is 2.31. The maximum atomic E-state index is 12.4. The van der Waals surface area contributed by atoms with Crippen LogP contribution in [0.1, 0.15) is 18.5 Å². The fraction of sp³-hybridized carbons (Fsp3) is 0.333. The molecule has 0 unspecified atom stereocenters. The van der Waals surface area contributed by atoms with E-state index in [0.717, 1.165) is 0 Å². The molecule has 0 saturated heterocycles. The average Bonchev–Trinajstić information content (AvgIpc) is 2.54. The third kappa shape index (κ3) is 4.06. The molecule has 0 saturated carbocycles. The summed E-state index contributed by atoms with van der Waals surface area (Å²) in [6.07, 6.45) is 0. The minimum atomic E-state index is -0.547. The second kappa shape index (κ2) is 7.84. The number of allylic oxidation sites excluding steroid dienone is 1. The summed E-state index contributed by atoms with van der Waals surface area (Å²) in [7, 11) is 1.51. The predicted molar refractivity (Wildman–Crippen MR) is 90.2 cm³/mol. The van der Waals surface area contributed by atoms with Crippen molar-refractivity contribution in [3.63, 3.8) is 0 Å². The molecule has 128 valence electrons. The van der Waals surface area contributed by atoms with E-state index >= 15 is 0 Å². The van der Waals surface area contributed by atoms with Gasteiger partial charge in [0.25, 0.3) is 5.69 Å². The van der Waals surface area contributed by atoms with Crippen molar-refractivity contribution in [3.8, 4) is 0 Å². The Kier molecular flexibility index (Phi) is 5.83. The zero-order valence-corrected chi connectivity index (χ0v) is 14.0. The SMILES string of the molecule is COCCOC(=O)C1=C(C)NC(=S)N[C@H]1c1ccc([N+](=O)[O-])cc1. The number of nitro benzene ring substituents is 1. The van der Waals surface area contributed by atoms with Crippen LogP contribution in [-0.4, -0.2) is 36.3 Å². The first kappa shape index (κ1) is 17.8. The first-order valence-electron chi connectivity index (χ1n) is 7.12. The highest BCUT2D eigenvalue weighted by Crippen LogP contribution is 2.28. The number of esters is 1. The number of nitrogens with one attached hydrogen (secondary N) is 2. The van der Waals surface area contributed by atoms with Crippen LogP contribution in [0.3, 0.4) is 0 Å². The Balaban J connectivity index is 2.30. The lowest BCUT2D eigenvalue weighted by Crippen LogP contribution is -2.45. The van der Waals surface area contributed by atoms with Crippen LogP contribution < -0.4 is 10.6 Å². The van der Waals surface area contributed by atoms with E-state index < -0.39 is 16.9 Å². The monoisotopic (exact) mass is 351 g/mol. The Labute approximate surface area is 144 Å². The van der Waals surface area contributed by atoms with E-state index in [1.165, 1.54) is 19.2 Å². The molecular weight excluding hydrogens is 334 g/mol. The van der Waals surface area contributed by atoms with Gasteiger partial charge in [0.1, 0.15) is 6.61 Å². The van der Waals surface area contributed by atoms with Crippen molar-refractivity contribution < 1.29 is 19.2 Å². The number of rotatable bonds is 6. The third-order valence-electron chi connectivity index (χ3n) is 3.45. The summed E-state index contributed by atoms with van der Waals surface area (Å²) in [6.45, 7) is 2.14. The molecule has 1 atom stereocenters. The molecule has 1 aliphatic rings. The van der Waals surface area contributed by atoms with Gasteiger partial charge in [-0.2, -0.15) is 0 Å². The van der Waals surface area contributed by atoms with Crippen LogP contribution in [0, 0.1) is 10.1 Å². The topological polar surface area (TPSA) is 103 Å². The number of non-ortho nitro benzene ring substituents is 1. The standard InChI is InChI=1S/C15H17N3O5S/c1-9-12(14(19)23-8-7-22-2)13(17-15(24)16-9)10-3-5-11(6-4-10)18(20)21/h3-6,13H,7-8H2,1-2H3,(H2,16,17,24)/t13-/m0/s1. The molecule has 1 aliphatic heterocycles. The summed E-state index contributed by atoms with van der Waals surface area (Å²) >= 11 is 5.14. The van der Waals surface area contributed by atoms with E-state index in [1.54, 1.807) is 19.1 Å². The Morgan fingerprint density at radius 3 is 2.58 bits per heavy atom. The van der Waals surface area contributed by atoms with Crippen molar-refractivity contribution in [2.24, 2.45) is 0 Å². The van der Waals surface area contributed by atoms with Gasteiger partial charge in [-0.3, -0.25) is 10.1 Å². The molecule has 9 heteroatoms. The quantitative estimate of drug-likeness (QED) is 0.262. The molecule has 24 heavy (non-hydrogen) atoms. The van der Waals surface area contributed by atoms with Crippen LogP contribution >= 0.6 is 12.2 Å². The molecule has 0 radical (unpaired) electrons. The van der Waals surface area contributed by atoms with E-state index in [9.17, 15) is 14.9 Å². The molecule has 1 aromatic rings. The average molecular weight is 351 g/mol. The first-order chi connectivity index (χ1) is 11.4. The highest BCUT2D eigenvalue weighted by molar-refractivity contribution is 7.80. The van der Waals surface area contributed by atoms with Gasteiger partial charge in [0, 0.05) is 24.9 Å². The van der Waals surface area contributed by atoms with Crippen LogP contribution in [0.15, 0.2) is 35.5 Å². The number of hydrogen-bond acceptors (Lipinski definition) is 6. The zero-order chi connectivity index (χ0) is 17.7. The molecule has 0 aromatic heterocycles. The Hall–Kier alpha value is -2.52. The normalized spacial score (nSPS) is 17.1. The number of ether oxygens (including phenoxy) is 2. The van der Waals surface area contributed by atoms with E-state index in [2.05, 4.69) is 10.6 Å². The number of thiocarbonyl (C=S) groups is 1. The van der Waals surface area contributed by atoms with Gasteiger partial charge in [0.15, 0.2) is 5.11 Å². The van der Waals surface area contributed by atoms with Gasteiger partial charge in [-0.25, -0.2) is 4.79 Å². The number of hydrogen-bond donors (Lipinski definition) is 2. The second-order valence-corrected chi connectivity index (χ2v) is 5.46. The van der Waals surface area contributed by atoms with E-state index in [4.69, 9.17) is 21.7 Å². The number of carbonyl (C=O) groups excluding carboxylic acids is 1. The van der Waals surface area contributed by atoms with Gasteiger partial charge in [-0.1, -0.05) is 0 Å². The molecule has 2 N–H and O–H groups in total. The molecule has 8 nitrogen and oxygen atoms in total. The summed E-state index contributed by atoms with van der Waals surface area (Å²) in [5.74, 6) is -0.504. The van der Waals surface area contributed by atoms with Gasteiger partial charge in [-0.05, 0) is 36.8 Å². The van der Waals surface area contributed by atoms with Crippen molar-refractivity contribution in [3.05, 3.63) is 51.2 Å². The molecule has 0 spiro atoms. The molecule has 1 heterocycles. The van der Waals surface area contributed by atoms with E-state index in [-0.39, 0.29) is 12.3 Å². The van der Waals surface area contributed by atoms with E-state index in [0.29, 0.717) is 28.6 Å². The van der Waals surface area contributed by atoms with Crippen LogP contribution in [0.25, 0.3) is 0 Å². The van der Waals surface area contributed by atoms with Crippen molar-refractivity contribution >= 4 is 29.0 Å². The van der Waals surface area contributed by atoms with Gasteiger partial charge in [0.2, 0.25) is 0 Å². The van der Waals surface area contributed by atoms with Crippen molar-refractivity contribution in [1.82, 2.24) is 10.6 Å². The summed E-state index contributed by atoms with van der Waals surface area (Å²) in [6, 6.07) is 5.38. The summed E-state index contributed by atoms with van der Waals surface area (Å²) < 4.78 is 10.0. The first-order valence-corrected chi connectivity index (χ1v) is 7.53. The van der Waals surface area contributed by atoms with Gasteiger partial charge < -0.3 is 20.1 Å². The van der Waals surface area contributed by atoms with Gasteiger partial charge in [-0.15, -0.1) is 0 Å². The molecule has 0 fully saturated rings. The fourth-order valence-electron chi connectivity index (χ4n) is 2.30. The Bertz CT molecular complexity index is 687. The summed E-state index contributed by atoms with van der Waals surface area (Å²) in [5, 5.41) is 17.0. The number of nitrogens with zero attached hydrogens (tertiary/aromatic N) is 1. The van der Waals surface area contributed by atoms with Crippen LogP contribution in [0.4, 0.5) is 5.69 Å². The van der Waals surface area contributed by atoms with Gasteiger partial charge >= 0.3 is 5.97 Å². The Morgan fingerprint density at radius 1 is 1.33 bits per heavy atom. The predicted octanol–water partition coefficient (Wildman–Crippen LogP) is 1.58. The fourth-order valence-corrected chi connectivity index (χ4v) is 2.57. The smallest absolute Gasteiger partial charge is 0.338 e. The van der Waals surface area contributed by atoms with E-state index in [1.807, 2.05) is 0 Å². The molecular formula is C15H17N3O5S. The maximum absolute atomic E-state index is 12.4. The van der Waals surface area contributed by atoms with Crippen molar-refractivity contribution in [2.45, 2.75) is 13.0 Å². The number of nitro groups is 1. The molecule has 0 bridgehead atoms. The molecule has 1 aromatic carbocycles. The lowest BCUT2D eigenvalue weighted by Gasteiger charge is -2.29. The zero-order valence-electron chi connectivity index (χ0n) is 13.2. The summed E-state index contributed by atoms with van der Waals surface area (Å²) in [4.78, 5) is 22.7. The maximum Gasteiger partial charge on any atom is 0.338 e. The highest BCUT2D eigenvalue weighted by atomic mass is 32.1.